The minimum absolute atomic E-state index is 0.0564. The number of esters is 1. The summed E-state index contributed by atoms with van der Waals surface area (Å²) >= 11 is 0. The molecule has 5 rings (SSSR count). The number of amides is 3. The number of alkyl carbamates (subject to hydrolysis) is 1. The number of rotatable bonds is 15. The van der Waals surface area contributed by atoms with E-state index in [1.807, 2.05) is 18.2 Å². The number of Topliss-reactive ketones (excluding diaryl/α,β-unsaturated/α-hetero) is 1. The van der Waals surface area contributed by atoms with Crippen molar-refractivity contribution in [2.45, 2.75) is 122 Å². The fourth-order valence-electron chi connectivity index (χ4n) is 7.47. The zero-order valence-corrected chi connectivity index (χ0v) is 31.5. The first-order chi connectivity index (χ1) is 25.3. The van der Waals surface area contributed by atoms with Gasteiger partial charge in [0, 0.05) is 31.3 Å². The highest BCUT2D eigenvalue weighted by Gasteiger charge is 2.62. The van der Waals surface area contributed by atoms with Crippen LogP contribution in [-0.4, -0.2) is 77.9 Å². The fourth-order valence-corrected chi connectivity index (χ4v) is 7.47. The number of allylic oxidation sites excluding steroid dienone is 1. The van der Waals surface area contributed by atoms with Crippen molar-refractivity contribution < 1.29 is 47.7 Å². The van der Waals surface area contributed by atoms with Gasteiger partial charge in [0.25, 0.3) is 0 Å². The van der Waals surface area contributed by atoms with Gasteiger partial charge < -0.3 is 34.3 Å². The van der Waals surface area contributed by atoms with E-state index in [2.05, 4.69) is 23.8 Å². The molecule has 2 fully saturated rings. The zero-order chi connectivity index (χ0) is 38.3. The van der Waals surface area contributed by atoms with Gasteiger partial charge in [-0.05, 0) is 89.5 Å². The van der Waals surface area contributed by atoms with Crippen LogP contribution in [0.25, 0.3) is 0 Å². The van der Waals surface area contributed by atoms with Crippen molar-refractivity contribution in [2.75, 3.05) is 19.8 Å². The summed E-state index contributed by atoms with van der Waals surface area (Å²) in [6, 6.07) is 2.85. The number of fused-ring (bicyclic) bond motifs is 2. The van der Waals surface area contributed by atoms with Crippen LogP contribution in [-0.2, 0) is 41.7 Å². The van der Waals surface area contributed by atoms with Crippen LogP contribution in [0.5, 0.6) is 11.5 Å². The van der Waals surface area contributed by atoms with E-state index in [1.165, 1.54) is 0 Å². The molecule has 290 valence electrons. The van der Waals surface area contributed by atoms with E-state index in [0.29, 0.717) is 57.1 Å². The number of benzene rings is 1. The van der Waals surface area contributed by atoms with Crippen LogP contribution in [0, 0.1) is 17.8 Å². The molecule has 4 aliphatic rings. The number of hydrogen-bond acceptors (Lipinski definition) is 10. The number of carbonyl (C=O) groups is 5. The standard InChI is InChI=1S/C40H55N3O10/c1-7-10-11-12-13-15-31(41-37(47)53-39(4,5)6)34(44)29-20-28(21-30(29)35(45)42-40(22-27(40)8-2)36(46)49-9-3)52-38(48)43-23-25-18-32-33(19-26(25)24-43)51-17-14-16-50-32/h7-8,18-19,27-31H,1-2,9-17,20-24H2,3-6H3,(H,41,47)(H,42,45)/t27-,28+,29?,30-,31+,40-/m1/s1. The van der Waals surface area contributed by atoms with E-state index in [-0.39, 0.29) is 31.1 Å². The third-order valence-electron chi connectivity index (χ3n) is 10.3. The lowest BCUT2D eigenvalue weighted by Crippen LogP contribution is -2.51. The molecule has 1 aromatic carbocycles. The van der Waals surface area contributed by atoms with Crippen molar-refractivity contribution in [1.82, 2.24) is 15.5 Å². The molecule has 13 nitrogen and oxygen atoms in total. The molecular weight excluding hydrogens is 682 g/mol. The SMILES string of the molecule is C=CCCCCC[C@H](NC(=O)OC(C)(C)C)C(=O)C1C[C@H](OC(=O)N2Cc3cc4c(cc3C2)OCCCO4)C[C@H]1C(=O)N[C@]1(C(=O)OCC)C[C@H]1C=C. The van der Waals surface area contributed by atoms with Gasteiger partial charge in [-0.2, -0.15) is 0 Å². The lowest BCUT2D eigenvalue weighted by Gasteiger charge is -2.27. The number of unbranched alkanes of at least 4 members (excludes halogenated alkanes) is 3. The Morgan fingerprint density at radius 3 is 2.25 bits per heavy atom. The number of ketones is 1. The summed E-state index contributed by atoms with van der Waals surface area (Å²) in [4.78, 5) is 69.8. The van der Waals surface area contributed by atoms with Crippen LogP contribution >= 0.6 is 0 Å². The average Bonchev–Trinajstić information content (AvgIpc) is 3.52. The molecule has 6 atom stereocenters. The molecule has 53 heavy (non-hydrogen) atoms. The Labute approximate surface area is 312 Å². The number of hydrogen-bond donors (Lipinski definition) is 2. The lowest BCUT2D eigenvalue weighted by molar-refractivity contribution is -0.150. The van der Waals surface area contributed by atoms with Crippen molar-refractivity contribution in [1.29, 1.82) is 0 Å². The molecule has 2 aliphatic heterocycles. The van der Waals surface area contributed by atoms with Gasteiger partial charge >= 0.3 is 18.2 Å². The monoisotopic (exact) mass is 737 g/mol. The minimum atomic E-state index is -1.27. The summed E-state index contributed by atoms with van der Waals surface area (Å²) in [6.45, 7) is 16.3. The first-order valence-electron chi connectivity index (χ1n) is 18.9. The first-order valence-corrected chi connectivity index (χ1v) is 18.9. The molecule has 0 aromatic heterocycles. The van der Waals surface area contributed by atoms with Gasteiger partial charge in [0.05, 0.1) is 31.8 Å². The molecule has 1 unspecified atom stereocenters. The maximum absolute atomic E-state index is 14.5. The van der Waals surface area contributed by atoms with Crippen LogP contribution in [0.1, 0.15) is 96.6 Å². The Morgan fingerprint density at radius 2 is 1.66 bits per heavy atom. The maximum Gasteiger partial charge on any atom is 0.410 e. The van der Waals surface area contributed by atoms with Crippen LogP contribution < -0.4 is 20.1 Å². The molecule has 13 heteroatoms. The highest BCUT2D eigenvalue weighted by molar-refractivity contribution is 5.97. The number of carbonyl (C=O) groups excluding carboxylic acids is 5. The van der Waals surface area contributed by atoms with Gasteiger partial charge in [-0.3, -0.25) is 14.5 Å². The molecular formula is C40H55N3O10. The summed E-state index contributed by atoms with van der Waals surface area (Å²) in [7, 11) is 0. The second-order valence-electron chi connectivity index (χ2n) is 15.4. The molecule has 2 aliphatic carbocycles. The molecule has 0 spiro atoms. The van der Waals surface area contributed by atoms with Crippen molar-refractivity contribution in [2.24, 2.45) is 17.8 Å². The zero-order valence-electron chi connectivity index (χ0n) is 31.5. The molecule has 0 radical (unpaired) electrons. The summed E-state index contributed by atoms with van der Waals surface area (Å²) in [5, 5.41) is 5.66. The summed E-state index contributed by atoms with van der Waals surface area (Å²) < 4.78 is 28.5. The molecule has 2 saturated carbocycles. The quantitative estimate of drug-likeness (QED) is 0.0959. The molecule has 2 N–H and O–H groups in total. The third-order valence-corrected chi connectivity index (χ3v) is 10.3. The van der Waals surface area contributed by atoms with Crippen molar-refractivity contribution in [3.63, 3.8) is 0 Å². The minimum Gasteiger partial charge on any atom is -0.490 e. The average molecular weight is 738 g/mol. The molecule has 2 heterocycles. The topological polar surface area (TPSA) is 159 Å². The predicted octanol–water partition coefficient (Wildman–Crippen LogP) is 5.92. The normalized spacial score (nSPS) is 24.9. The van der Waals surface area contributed by atoms with E-state index >= 15 is 0 Å². The smallest absolute Gasteiger partial charge is 0.410 e. The Morgan fingerprint density at radius 1 is 1.00 bits per heavy atom. The molecule has 1 aromatic rings. The maximum atomic E-state index is 14.5. The highest BCUT2D eigenvalue weighted by Crippen LogP contribution is 2.47. The summed E-state index contributed by atoms with van der Waals surface area (Å²) in [5.41, 5.74) is -0.211. The van der Waals surface area contributed by atoms with E-state index in [4.69, 9.17) is 23.7 Å². The summed E-state index contributed by atoms with van der Waals surface area (Å²) in [5.74, 6) is -2.32. The van der Waals surface area contributed by atoms with Gasteiger partial charge in [0.2, 0.25) is 5.91 Å². The Kier molecular flexibility index (Phi) is 12.8. The Bertz CT molecular complexity index is 1530. The first kappa shape index (κ1) is 39.7. The molecule has 0 saturated heterocycles. The van der Waals surface area contributed by atoms with E-state index in [1.54, 1.807) is 38.7 Å². The second-order valence-corrected chi connectivity index (χ2v) is 15.4. The van der Waals surface area contributed by atoms with Gasteiger partial charge in [0.1, 0.15) is 17.2 Å². The van der Waals surface area contributed by atoms with Gasteiger partial charge in [0.15, 0.2) is 17.3 Å². The largest absolute Gasteiger partial charge is 0.490 e. The highest BCUT2D eigenvalue weighted by atomic mass is 16.6. The van der Waals surface area contributed by atoms with Crippen molar-refractivity contribution in [3.05, 3.63) is 48.6 Å². The Hall–Kier alpha value is -4.55. The van der Waals surface area contributed by atoms with Gasteiger partial charge in [-0.15, -0.1) is 13.2 Å². The Balaban J connectivity index is 1.34. The number of nitrogens with one attached hydrogen (secondary N) is 2. The summed E-state index contributed by atoms with van der Waals surface area (Å²) in [6.07, 6.45) is 6.09. The van der Waals surface area contributed by atoms with Gasteiger partial charge in [-0.1, -0.05) is 25.0 Å². The van der Waals surface area contributed by atoms with Gasteiger partial charge in [-0.25, -0.2) is 14.4 Å². The van der Waals surface area contributed by atoms with Crippen LogP contribution in [0.3, 0.4) is 0 Å². The fraction of sp³-hybridized carbons (Fsp3) is 0.625. The van der Waals surface area contributed by atoms with Crippen LogP contribution in [0.4, 0.5) is 9.59 Å². The van der Waals surface area contributed by atoms with Crippen LogP contribution in [0.2, 0.25) is 0 Å². The van der Waals surface area contributed by atoms with E-state index < -0.39 is 59.2 Å². The van der Waals surface area contributed by atoms with Crippen molar-refractivity contribution >= 4 is 29.8 Å². The second kappa shape index (κ2) is 17.1. The molecule has 0 bridgehead atoms. The van der Waals surface area contributed by atoms with E-state index in [9.17, 15) is 24.0 Å². The van der Waals surface area contributed by atoms with Crippen molar-refractivity contribution in [3.8, 4) is 11.5 Å². The third kappa shape index (κ3) is 9.71. The number of nitrogens with zero attached hydrogens (tertiary/aromatic N) is 1. The van der Waals surface area contributed by atoms with E-state index in [0.717, 1.165) is 36.8 Å². The molecule has 3 amide bonds. The number of ether oxygens (including phenoxy) is 5. The van der Waals surface area contributed by atoms with Crippen LogP contribution in [0.15, 0.2) is 37.4 Å². The predicted molar refractivity (Wildman–Crippen MR) is 195 cm³/mol. The lowest BCUT2D eigenvalue weighted by atomic mass is 9.85.